The Labute approximate surface area is 118 Å². The highest BCUT2D eigenvalue weighted by atomic mass is 16.1. The molecule has 1 saturated carbocycles. The standard InChI is InChI=1S/C16H21N3O/c17-12-6-7-15-13(8-12)14(10-18-15)16(20)19-9-11-4-2-1-3-5-11/h6-8,10-11,18H,1-5,9,17H2,(H,19,20). The molecule has 0 unspecified atom stereocenters. The topological polar surface area (TPSA) is 70.9 Å². The van der Waals surface area contributed by atoms with Crippen LogP contribution in [0.15, 0.2) is 24.4 Å². The first-order chi connectivity index (χ1) is 9.74. The van der Waals surface area contributed by atoms with Crippen molar-refractivity contribution in [2.45, 2.75) is 32.1 Å². The first-order valence-corrected chi connectivity index (χ1v) is 7.39. The zero-order valence-electron chi connectivity index (χ0n) is 11.6. The van der Waals surface area contributed by atoms with Crippen molar-refractivity contribution in [3.63, 3.8) is 0 Å². The van der Waals surface area contributed by atoms with Crippen molar-refractivity contribution in [3.05, 3.63) is 30.0 Å². The van der Waals surface area contributed by atoms with E-state index in [2.05, 4.69) is 10.3 Å². The lowest BCUT2D eigenvalue weighted by Crippen LogP contribution is -2.30. The van der Waals surface area contributed by atoms with E-state index in [1.54, 1.807) is 6.20 Å². The Kier molecular flexibility index (Phi) is 3.63. The summed E-state index contributed by atoms with van der Waals surface area (Å²) in [6, 6.07) is 5.59. The molecule has 0 atom stereocenters. The van der Waals surface area contributed by atoms with Gasteiger partial charge in [0.2, 0.25) is 0 Å². The highest BCUT2D eigenvalue weighted by Crippen LogP contribution is 2.24. The molecule has 0 bridgehead atoms. The van der Waals surface area contributed by atoms with Gasteiger partial charge in [0.05, 0.1) is 5.56 Å². The van der Waals surface area contributed by atoms with Gasteiger partial charge in [-0.25, -0.2) is 0 Å². The number of amides is 1. The summed E-state index contributed by atoms with van der Waals surface area (Å²) in [6.45, 7) is 0.786. The fourth-order valence-electron chi connectivity index (χ4n) is 3.05. The van der Waals surface area contributed by atoms with E-state index in [9.17, 15) is 4.79 Å². The number of H-pyrrole nitrogens is 1. The summed E-state index contributed by atoms with van der Waals surface area (Å²) in [5.41, 5.74) is 8.11. The van der Waals surface area contributed by atoms with E-state index >= 15 is 0 Å². The summed E-state index contributed by atoms with van der Waals surface area (Å²) in [6.07, 6.45) is 8.17. The van der Waals surface area contributed by atoms with E-state index in [0.717, 1.165) is 17.4 Å². The van der Waals surface area contributed by atoms with Crippen molar-refractivity contribution in [3.8, 4) is 0 Å². The second-order valence-corrected chi connectivity index (χ2v) is 5.72. The molecular weight excluding hydrogens is 250 g/mol. The number of aromatic nitrogens is 1. The van der Waals surface area contributed by atoms with E-state index in [1.807, 2.05) is 18.2 Å². The van der Waals surface area contributed by atoms with E-state index in [0.29, 0.717) is 17.2 Å². The van der Waals surface area contributed by atoms with Crippen LogP contribution in [-0.2, 0) is 0 Å². The maximum absolute atomic E-state index is 12.3. The molecule has 1 fully saturated rings. The number of anilines is 1. The Balaban J connectivity index is 1.70. The van der Waals surface area contributed by atoms with Crippen LogP contribution in [0.1, 0.15) is 42.5 Å². The van der Waals surface area contributed by atoms with Gasteiger partial charge in [-0.1, -0.05) is 19.3 Å². The summed E-state index contributed by atoms with van der Waals surface area (Å²) >= 11 is 0. The van der Waals surface area contributed by atoms with Gasteiger partial charge in [-0.2, -0.15) is 0 Å². The van der Waals surface area contributed by atoms with Crippen LogP contribution >= 0.6 is 0 Å². The maximum atomic E-state index is 12.3. The summed E-state index contributed by atoms with van der Waals surface area (Å²) in [7, 11) is 0. The van der Waals surface area contributed by atoms with Gasteiger partial charge >= 0.3 is 0 Å². The van der Waals surface area contributed by atoms with Crippen molar-refractivity contribution in [2.24, 2.45) is 5.92 Å². The number of fused-ring (bicyclic) bond motifs is 1. The molecule has 0 aliphatic heterocycles. The number of carbonyl (C=O) groups is 1. The predicted octanol–water partition coefficient (Wildman–Crippen LogP) is 3.06. The summed E-state index contributed by atoms with van der Waals surface area (Å²) in [5.74, 6) is 0.635. The maximum Gasteiger partial charge on any atom is 0.253 e. The number of rotatable bonds is 3. The second kappa shape index (κ2) is 5.57. The van der Waals surface area contributed by atoms with Crippen molar-refractivity contribution >= 4 is 22.5 Å². The van der Waals surface area contributed by atoms with Crippen LogP contribution in [0, 0.1) is 5.92 Å². The van der Waals surface area contributed by atoms with Gasteiger partial charge in [-0.15, -0.1) is 0 Å². The lowest BCUT2D eigenvalue weighted by molar-refractivity contribution is 0.0945. The van der Waals surface area contributed by atoms with Gasteiger partial charge in [0, 0.05) is 29.3 Å². The van der Waals surface area contributed by atoms with Gasteiger partial charge in [-0.05, 0) is 37.0 Å². The van der Waals surface area contributed by atoms with Gasteiger partial charge in [0.25, 0.3) is 5.91 Å². The minimum atomic E-state index is -0.00702. The van der Waals surface area contributed by atoms with Gasteiger partial charge < -0.3 is 16.0 Å². The second-order valence-electron chi connectivity index (χ2n) is 5.72. The molecule has 1 aromatic heterocycles. The molecule has 0 saturated heterocycles. The van der Waals surface area contributed by atoms with Crippen LogP contribution < -0.4 is 11.1 Å². The minimum absolute atomic E-state index is 0.00702. The number of hydrogen-bond donors (Lipinski definition) is 3. The third-order valence-corrected chi connectivity index (χ3v) is 4.23. The summed E-state index contributed by atoms with van der Waals surface area (Å²) in [4.78, 5) is 15.4. The van der Waals surface area contributed by atoms with Crippen molar-refractivity contribution in [2.75, 3.05) is 12.3 Å². The van der Waals surface area contributed by atoms with Crippen LogP contribution in [0.4, 0.5) is 5.69 Å². The quantitative estimate of drug-likeness (QED) is 0.751. The molecule has 1 heterocycles. The highest BCUT2D eigenvalue weighted by Gasteiger charge is 2.16. The monoisotopic (exact) mass is 271 g/mol. The van der Waals surface area contributed by atoms with E-state index in [4.69, 9.17) is 5.73 Å². The van der Waals surface area contributed by atoms with Crippen LogP contribution in [0.5, 0.6) is 0 Å². The number of nitrogen functional groups attached to an aromatic ring is 1. The molecule has 20 heavy (non-hydrogen) atoms. The lowest BCUT2D eigenvalue weighted by atomic mass is 9.89. The average Bonchev–Trinajstić information content (AvgIpc) is 2.89. The molecule has 1 aromatic carbocycles. The molecule has 1 amide bonds. The van der Waals surface area contributed by atoms with E-state index in [-0.39, 0.29) is 5.91 Å². The Morgan fingerprint density at radius 3 is 2.90 bits per heavy atom. The first-order valence-electron chi connectivity index (χ1n) is 7.39. The zero-order chi connectivity index (χ0) is 13.9. The fraction of sp³-hybridized carbons (Fsp3) is 0.438. The SMILES string of the molecule is Nc1ccc2[nH]cc(C(=O)NCC3CCCCC3)c2c1. The van der Waals surface area contributed by atoms with E-state index in [1.165, 1.54) is 32.1 Å². The Morgan fingerprint density at radius 1 is 1.30 bits per heavy atom. The molecule has 1 aliphatic carbocycles. The summed E-state index contributed by atoms with van der Waals surface area (Å²) < 4.78 is 0. The van der Waals surface area contributed by atoms with Gasteiger partial charge in [-0.3, -0.25) is 4.79 Å². The zero-order valence-corrected chi connectivity index (χ0v) is 11.6. The Hall–Kier alpha value is -1.97. The third-order valence-electron chi connectivity index (χ3n) is 4.23. The smallest absolute Gasteiger partial charge is 0.253 e. The van der Waals surface area contributed by atoms with Crippen LogP contribution in [0.3, 0.4) is 0 Å². The molecule has 4 nitrogen and oxygen atoms in total. The molecule has 0 spiro atoms. The van der Waals surface area contributed by atoms with Crippen molar-refractivity contribution in [1.29, 1.82) is 0 Å². The van der Waals surface area contributed by atoms with Crippen molar-refractivity contribution < 1.29 is 4.79 Å². The van der Waals surface area contributed by atoms with Gasteiger partial charge in [0.15, 0.2) is 0 Å². The number of benzene rings is 1. The number of nitrogens with one attached hydrogen (secondary N) is 2. The molecule has 2 aromatic rings. The third kappa shape index (κ3) is 2.64. The molecule has 4 heteroatoms. The Bertz CT molecular complexity index is 611. The lowest BCUT2D eigenvalue weighted by Gasteiger charge is -2.21. The van der Waals surface area contributed by atoms with Gasteiger partial charge in [0.1, 0.15) is 0 Å². The number of hydrogen-bond acceptors (Lipinski definition) is 2. The first kappa shape index (κ1) is 13.0. The number of aromatic amines is 1. The molecule has 106 valence electrons. The predicted molar refractivity (Wildman–Crippen MR) is 81.6 cm³/mol. The number of nitrogens with two attached hydrogens (primary N) is 1. The minimum Gasteiger partial charge on any atom is -0.399 e. The molecule has 0 radical (unpaired) electrons. The number of carbonyl (C=O) groups excluding carboxylic acids is 1. The largest absolute Gasteiger partial charge is 0.399 e. The van der Waals surface area contributed by atoms with Crippen LogP contribution in [-0.4, -0.2) is 17.4 Å². The highest BCUT2D eigenvalue weighted by molar-refractivity contribution is 6.07. The van der Waals surface area contributed by atoms with Crippen molar-refractivity contribution in [1.82, 2.24) is 10.3 Å². The fourth-order valence-corrected chi connectivity index (χ4v) is 3.05. The Morgan fingerprint density at radius 2 is 2.10 bits per heavy atom. The molecule has 4 N–H and O–H groups in total. The summed E-state index contributed by atoms with van der Waals surface area (Å²) in [5, 5.41) is 3.96. The average molecular weight is 271 g/mol. The molecule has 3 rings (SSSR count). The van der Waals surface area contributed by atoms with Crippen LogP contribution in [0.2, 0.25) is 0 Å². The normalized spacial score (nSPS) is 16.4. The van der Waals surface area contributed by atoms with E-state index < -0.39 is 0 Å². The van der Waals surface area contributed by atoms with Crippen LogP contribution in [0.25, 0.3) is 10.9 Å². The molecular formula is C16H21N3O. The molecule has 1 aliphatic rings.